The molecule has 1 aromatic rings. The number of nitrogens with one attached hydrogen (secondary N) is 2. The minimum absolute atomic E-state index is 0.108. The Labute approximate surface area is 78.4 Å². The summed E-state index contributed by atoms with van der Waals surface area (Å²) in [5, 5.41) is 12.9. The lowest BCUT2D eigenvalue weighted by atomic mass is 10.1. The molecule has 1 heterocycles. The van der Waals surface area contributed by atoms with Crippen molar-refractivity contribution < 1.29 is 9.90 Å². The zero-order valence-corrected chi connectivity index (χ0v) is 7.61. The van der Waals surface area contributed by atoms with Crippen LogP contribution in [0.2, 0.25) is 0 Å². The van der Waals surface area contributed by atoms with Crippen molar-refractivity contribution in [2.75, 3.05) is 0 Å². The molecular weight excluding hydrogens is 190 g/mol. The number of carboxylic acids is 1. The number of aromatic nitrogens is 3. The second-order valence-corrected chi connectivity index (χ2v) is 2.91. The Morgan fingerprint density at radius 2 is 1.93 bits per heavy atom. The molecule has 0 amide bonds. The molecule has 1 aromatic heterocycles. The van der Waals surface area contributed by atoms with Crippen LogP contribution in [-0.2, 0) is 11.3 Å². The van der Waals surface area contributed by atoms with Crippen LogP contribution in [0.5, 0.6) is 0 Å². The van der Waals surface area contributed by atoms with Gasteiger partial charge >= 0.3 is 17.3 Å². The van der Waals surface area contributed by atoms with Crippen LogP contribution in [-0.4, -0.2) is 25.8 Å². The van der Waals surface area contributed by atoms with Crippen molar-refractivity contribution in [1.82, 2.24) is 14.8 Å². The summed E-state index contributed by atoms with van der Waals surface area (Å²) in [5.74, 6) is -1.73. The van der Waals surface area contributed by atoms with Crippen LogP contribution in [0.25, 0.3) is 0 Å². The molecule has 0 spiro atoms. The van der Waals surface area contributed by atoms with Crippen molar-refractivity contribution in [3.05, 3.63) is 21.0 Å². The van der Waals surface area contributed by atoms with Crippen molar-refractivity contribution in [3.63, 3.8) is 0 Å². The van der Waals surface area contributed by atoms with E-state index in [9.17, 15) is 14.4 Å². The van der Waals surface area contributed by atoms with Gasteiger partial charge in [0.1, 0.15) is 0 Å². The fraction of sp³-hybridized carbons (Fsp3) is 0.571. The van der Waals surface area contributed by atoms with Crippen molar-refractivity contribution >= 4 is 5.97 Å². The number of rotatable bonds is 4. The summed E-state index contributed by atoms with van der Waals surface area (Å²) in [6, 6.07) is 0. The highest BCUT2D eigenvalue weighted by molar-refractivity contribution is 5.69. The molecule has 0 bridgehead atoms. The minimum atomic E-state index is -1.01. The van der Waals surface area contributed by atoms with Gasteiger partial charge in [0.25, 0.3) is 0 Å². The Morgan fingerprint density at radius 1 is 1.43 bits per heavy atom. The Hall–Kier alpha value is -1.79. The molecule has 0 fully saturated rings. The average Bonchev–Trinajstić information content (AvgIpc) is 2.43. The Kier molecular flexibility index (Phi) is 2.90. The van der Waals surface area contributed by atoms with Gasteiger partial charge in [0, 0.05) is 6.54 Å². The molecule has 0 radical (unpaired) electrons. The lowest BCUT2D eigenvalue weighted by molar-refractivity contribution is -0.142. The quantitative estimate of drug-likeness (QED) is 0.579. The number of hydrogen-bond donors (Lipinski definition) is 3. The number of carboxylic acid groups (broad SMARTS) is 1. The van der Waals surface area contributed by atoms with Crippen LogP contribution >= 0.6 is 0 Å². The highest BCUT2D eigenvalue weighted by Crippen LogP contribution is 2.03. The van der Waals surface area contributed by atoms with Gasteiger partial charge in [0.2, 0.25) is 0 Å². The van der Waals surface area contributed by atoms with E-state index in [1.807, 2.05) is 0 Å². The molecule has 1 rings (SSSR count). The predicted octanol–water partition coefficient (Wildman–Crippen LogP) is -1.02. The zero-order valence-electron chi connectivity index (χ0n) is 7.61. The normalized spacial score (nSPS) is 12.6. The van der Waals surface area contributed by atoms with E-state index in [0.29, 0.717) is 6.42 Å². The first-order valence-corrected chi connectivity index (χ1v) is 4.16. The van der Waals surface area contributed by atoms with Gasteiger partial charge in [-0.15, -0.1) is 0 Å². The third-order valence-electron chi connectivity index (χ3n) is 2.01. The standard InChI is InChI=1S/C7H11N3O4/c1-2-4(5(11)12)3-10-6(13)8-9-7(10)14/h4H,2-3H2,1H3,(H,8,13)(H,9,14)(H,11,12). The van der Waals surface area contributed by atoms with E-state index < -0.39 is 23.3 Å². The fourth-order valence-electron chi connectivity index (χ4n) is 1.10. The topological polar surface area (TPSA) is 108 Å². The van der Waals surface area contributed by atoms with E-state index in [-0.39, 0.29) is 6.54 Å². The monoisotopic (exact) mass is 201 g/mol. The van der Waals surface area contributed by atoms with E-state index in [4.69, 9.17) is 5.11 Å². The Bertz CT molecular complexity index is 399. The fourth-order valence-corrected chi connectivity index (χ4v) is 1.10. The van der Waals surface area contributed by atoms with Gasteiger partial charge in [-0.25, -0.2) is 24.4 Å². The number of aromatic amines is 2. The zero-order chi connectivity index (χ0) is 10.7. The number of aliphatic carboxylic acids is 1. The number of H-pyrrole nitrogens is 2. The molecule has 1 unspecified atom stereocenters. The van der Waals surface area contributed by atoms with Crippen LogP contribution in [0.15, 0.2) is 9.59 Å². The number of carbonyl (C=O) groups is 1. The molecule has 0 aromatic carbocycles. The molecule has 78 valence electrons. The van der Waals surface area contributed by atoms with Crippen LogP contribution < -0.4 is 11.4 Å². The van der Waals surface area contributed by atoms with Gasteiger partial charge in [-0.2, -0.15) is 0 Å². The van der Waals surface area contributed by atoms with Gasteiger partial charge in [-0.3, -0.25) is 4.79 Å². The van der Waals surface area contributed by atoms with Gasteiger partial charge in [0.15, 0.2) is 0 Å². The summed E-state index contributed by atoms with van der Waals surface area (Å²) in [6.45, 7) is 1.58. The van der Waals surface area contributed by atoms with Crippen molar-refractivity contribution in [2.45, 2.75) is 19.9 Å². The van der Waals surface area contributed by atoms with E-state index >= 15 is 0 Å². The lowest BCUT2D eigenvalue weighted by Crippen LogP contribution is -2.32. The SMILES string of the molecule is CCC(Cn1c(=O)[nH][nH]c1=O)C(=O)O. The summed E-state index contributed by atoms with van der Waals surface area (Å²) in [7, 11) is 0. The highest BCUT2D eigenvalue weighted by Gasteiger charge is 2.17. The molecule has 0 saturated heterocycles. The van der Waals surface area contributed by atoms with E-state index in [2.05, 4.69) is 10.2 Å². The molecule has 7 heteroatoms. The van der Waals surface area contributed by atoms with Crippen molar-refractivity contribution in [1.29, 1.82) is 0 Å². The number of nitrogens with zero attached hydrogens (tertiary/aromatic N) is 1. The molecule has 0 aliphatic heterocycles. The van der Waals surface area contributed by atoms with Crippen LogP contribution in [0.4, 0.5) is 0 Å². The van der Waals surface area contributed by atoms with Crippen molar-refractivity contribution in [3.8, 4) is 0 Å². The maximum Gasteiger partial charge on any atom is 0.344 e. The second-order valence-electron chi connectivity index (χ2n) is 2.91. The molecule has 0 aliphatic rings. The predicted molar refractivity (Wildman–Crippen MR) is 47.1 cm³/mol. The van der Waals surface area contributed by atoms with Gasteiger partial charge < -0.3 is 5.11 Å². The summed E-state index contributed by atoms with van der Waals surface area (Å²) in [5.41, 5.74) is -1.23. The Balaban J connectivity index is 2.93. The first-order chi connectivity index (χ1) is 6.56. The van der Waals surface area contributed by atoms with Crippen molar-refractivity contribution in [2.24, 2.45) is 5.92 Å². The Morgan fingerprint density at radius 3 is 2.29 bits per heavy atom. The second kappa shape index (κ2) is 3.95. The summed E-state index contributed by atoms with van der Waals surface area (Å²) in [6.07, 6.45) is 0.367. The van der Waals surface area contributed by atoms with Crippen LogP contribution in [0.1, 0.15) is 13.3 Å². The van der Waals surface area contributed by atoms with E-state index in [1.165, 1.54) is 0 Å². The smallest absolute Gasteiger partial charge is 0.344 e. The first-order valence-electron chi connectivity index (χ1n) is 4.16. The summed E-state index contributed by atoms with van der Waals surface area (Å²) < 4.78 is 0.836. The molecule has 1 atom stereocenters. The van der Waals surface area contributed by atoms with Gasteiger partial charge in [0.05, 0.1) is 5.92 Å². The van der Waals surface area contributed by atoms with Crippen LogP contribution in [0, 0.1) is 5.92 Å². The first kappa shape index (κ1) is 10.3. The van der Waals surface area contributed by atoms with Crippen LogP contribution in [0.3, 0.4) is 0 Å². The van der Waals surface area contributed by atoms with Gasteiger partial charge in [-0.1, -0.05) is 6.92 Å². The summed E-state index contributed by atoms with van der Waals surface area (Å²) in [4.78, 5) is 32.6. The third-order valence-corrected chi connectivity index (χ3v) is 2.01. The largest absolute Gasteiger partial charge is 0.481 e. The summed E-state index contributed by atoms with van der Waals surface area (Å²) >= 11 is 0. The van der Waals surface area contributed by atoms with E-state index in [0.717, 1.165) is 4.57 Å². The molecule has 0 aliphatic carbocycles. The maximum atomic E-state index is 11.0. The maximum absolute atomic E-state index is 11.0. The highest BCUT2D eigenvalue weighted by atomic mass is 16.4. The number of hydrogen-bond acceptors (Lipinski definition) is 3. The molecular formula is C7H11N3O4. The lowest BCUT2D eigenvalue weighted by Gasteiger charge is -2.07. The molecule has 14 heavy (non-hydrogen) atoms. The third kappa shape index (κ3) is 1.93. The van der Waals surface area contributed by atoms with E-state index in [1.54, 1.807) is 6.92 Å². The molecule has 0 saturated carbocycles. The molecule has 3 N–H and O–H groups in total. The minimum Gasteiger partial charge on any atom is -0.481 e. The molecule has 7 nitrogen and oxygen atoms in total. The average molecular weight is 201 g/mol. The van der Waals surface area contributed by atoms with Gasteiger partial charge in [-0.05, 0) is 6.42 Å².